The molecule has 68 valence electrons. The minimum Gasteiger partial charge on any atom is -0.358 e. The van der Waals surface area contributed by atoms with Crippen LogP contribution in [0.25, 0.3) is 0 Å². The Bertz CT molecular complexity index is 382. The second-order valence-electron chi connectivity index (χ2n) is 2.94. The lowest BCUT2D eigenvalue weighted by Gasteiger charge is -2.10. The summed E-state index contributed by atoms with van der Waals surface area (Å²) in [5.74, 6) is -0.0210. The van der Waals surface area contributed by atoms with Crippen molar-refractivity contribution >= 4 is 11.6 Å². The van der Waals surface area contributed by atoms with Gasteiger partial charge in [-0.05, 0) is 9.91 Å². The molecule has 2 rings (SSSR count). The van der Waals surface area contributed by atoms with Crippen LogP contribution in [-0.2, 0) is 17.8 Å². The molecule has 1 aromatic heterocycles. The van der Waals surface area contributed by atoms with Crippen molar-refractivity contribution in [2.75, 3.05) is 0 Å². The van der Waals surface area contributed by atoms with E-state index in [1.165, 1.54) is 6.33 Å². The van der Waals surface area contributed by atoms with Gasteiger partial charge in [-0.2, -0.15) is 0 Å². The van der Waals surface area contributed by atoms with Gasteiger partial charge in [0, 0.05) is 12.8 Å². The van der Waals surface area contributed by atoms with E-state index in [4.69, 9.17) is 0 Å². The number of ketones is 1. The maximum absolute atomic E-state index is 11.0. The highest BCUT2D eigenvalue weighted by atomic mass is 16.6. The number of carbonyl (C=O) groups excluding carboxylic acids is 1. The molecule has 0 radical (unpaired) electrons. The highest BCUT2D eigenvalue weighted by Gasteiger charge is 2.26. The Kier molecular flexibility index (Phi) is 1.61. The first-order chi connectivity index (χ1) is 6.18. The molecular weight excluding hydrogens is 174 g/mol. The van der Waals surface area contributed by atoms with Crippen molar-refractivity contribution in [1.82, 2.24) is 9.55 Å². The monoisotopic (exact) mass is 181 g/mol. The summed E-state index contributed by atoms with van der Waals surface area (Å²) in [5, 5.41) is 10.5. The van der Waals surface area contributed by atoms with Gasteiger partial charge < -0.3 is 14.7 Å². The van der Waals surface area contributed by atoms with Crippen molar-refractivity contribution in [2.45, 2.75) is 19.4 Å². The number of Topliss-reactive ketones (excluding diaryl/α,β-unsaturated/α-hetero) is 1. The van der Waals surface area contributed by atoms with Gasteiger partial charge in [-0.1, -0.05) is 0 Å². The first-order valence-corrected chi connectivity index (χ1v) is 3.88. The van der Waals surface area contributed by atoms with Crippen LogP contribution in [0.3, 0.4) is 0 Å². The Balaban J connectivity index is 2.44. The zero-order valence-electron chi connectivity index (χ0n) is 6.77. The maximum Gasteiger partial charge on any atom is 0.384 e. The molecular formula is C7H7N3O3. The second kappa shape index (κ2) is 2.65. The predicted octanol–water partition coefficient (Wildman–Crippen LogP) is 0.307. The Morgan fingerprint density at radius 3 is 3.00 bits per heavy atom. The molecule has 0 atom stereocenters. The number of aromatic nitrogens is 2. The van der Waals surface area contributed by atoms with Crippen molar-refractivity contribution in [3.63, 3.8) is 0 Å². The summed E-state index contributed by atoms with van der Waals surface area (Å²) in [7, 11) is 0. The first kappa shape index (κ1) is 7.90. The fourth-order valence-corrected chi connectivity index (χ4v) is 1.47. The summed E-state index contributed by atoms with van der Waals surface area (Å²) in [6, 6.07) is 0. The third-order valence-corrected chi connectivity index (χ3v) is 2.08. The summed E-state index contributed by atoms with van der Waals surface area (Å²) < 4.78 is 1.55. The lowest BCUT2D eigenvalue weighted by Crippen LogP contribution is -2.19. The molecule has 2 heterocycles. The van der Waals surface area contributed by atoms with Gasteiger partial charge in [0.25, 0.3) is 0 Å². The lowest BCUT2D eigenvalue weighted by molar-refractivity contribution is -0.390. The van der Waals surface area contributed by atoms with Crippen LogP contribution in [-0.4, -0.2) is 20.3 Å². The predicted molar refractivity (Wildman–Crippen MR) is 42.2 cm³/mol. The summed E-state index contributed by atoms with van der Waals surface area (Å²) in [4.78, 5) is 24.6. The van der Waals surface area contributed by atoms with Crippen molar-refractivity contribution in [2.24, 2.45) is 0 Å². The Labute approximate surface area is 73.3 Å². The van der Waals surface area contributed by atoms with Gasteiger partial charge in [0.1, 0.15) is 5.69 Å². The maximum atomic E-state index is 11.0. The molecule has 0 aromatic carbocycles. The molecule has 13 heavy (non-hydrogen) atoms. The van der Waals surface area contributed by atoms with E-state index in [1.807, 2.05) is 0 Å². The van der Waals surface area contributed by atoms with Crippen LogP contribution in [0.2, 0.25) is 0 Å². The molecule has 0 N–H and O–H groups in total. The van der Waals surface area contributed by atoms with Crippen LogP contribution in [0, 0.1) is 10.1 Å². The summed E-state index contributed by atoms with van der Waals surface area (Å²) in [6.07, 6.45) is 2.16. The van der Waals surface area contributed by atoms with Crippen LogP contribution in [0.1, 0.15) is 12.1 Å². The first-order valence-electron chi connectivity index (χ1n) is 3.88. The highest BCUT2D eigenvalue weighted by Crippen LogP contribution is 2.21. The van der Waals surface area contributed by atoms with Crippen LogP contribution in [0.5, 0.6) is 0 Å². The van der Waals surface area contributed by atoms with E-state index in [0.717, 1.165) is 0 Å². The third kappa shape index (κ3) is 1.20. The van der Waals surface area contributed by atoms with E-state index in [-0.39, 0.29) is 18.1 Å². The number of hydrogen-bond acceptors (Lipinski definition) is 4. The minimum absolute atomic E-state index is 0.0970. The standard InChI is InChI=1S/C7H7N3O3/c11-5-1-2-6-7(10(12)13)8-4-9(6)3-5/h4H,1-3H2. The summed E-state index contributed by atoms with van der Waals surface area (Å²) in [6.45, 7) is 0.218. The van der Waals surface area contributed by atoms with Crippen molar-refractivity contribution in [3.8, 4) is 0 Å². The SMILES string of the molecule is O=C1CCc2c([N+](=O)[O-])ncn2C1. The number of nitro groups is 1. The van der Waals surface area contributed by atoms with Crippen LogP contribution < -0.4 is 0 Å². The molecule has 1 aromatic rings. The smallest absolute Gasteiger partial charge is 0.358 e. The molecule has 1 aliphatic heterocycles. The molecule has 0 saturated carbocycles. The van der Waals surface area contributed by atoms with Crippen molar-refractivity contribution < 1.29 is 9.72 Å². The Morgan fingerprint density at radius 1 is 1.54 bits per heavy atom. The number of rotatable bonds is 1. The quantitative estimate of drug-likeness (QED) is 0.461. The molecule has 0 amide bonds. The number of fused-ring (bicyclic) bond motifs is 1. The average molecular weight is 181 g/mol. The van der Waals surface area contributed by atoms with E-state index in [1.54, 1.807) is 4.57 Å². The van der Waals surface area contributed by atoms with Crippen LogP contribution in [0.15, 0.2) is 6.33 Å². The Hall–Kier alpha value is -1.72. The Morgan fingerprint density at radius 2 is 2.31 bits per heavy atom. The molecule has 0 unspecified atom stereocenters. The van der Waals surface area contributed by atoms with E-state index >= 15 is 0 Å². The normalized spacial score (nSPS) is 15.5. The van der Waals surface area contributed by atoms with Gasteiger partial charge in [-0.25, -0.2) is 0 Å². The molecule has 1 aliphatic rings. The van der Waals surface area contributed by atoms with Crippen molar-refractivity contribution in [1.29, 1.82) is 0 Å². The largest absolute Gasteiger partial charge is 0.384 e. The topological polar surface area (TPSA) is 78.0 Å². The van der Waals surface area contributed by atoms with Gasteiger partial charge in [-0.15, -0.1) is 0 Å². The number of nitrogens with zero attached hydrogens (tertiary/aromatic N) is 3. The van der Waals surface area contributed by atoms with Crippen molar-refractivity contribution in [3.05, 3.63) is 22.1 Å². The molecule has 0 aliphatic carbocycles. The van der Waals surface area contributed by atoms with E-state index in [9.17, 15) is 14.9 Å². The molecule has 6 nitrogen and oxygen atoms in total. The van der Waals surface area contributed by atoms with E-state index in [0.29, 0.717) is 18.5 Å². The molecule has 0 fully saturated rings. The zero-order valence-corrected chi connectivity index (χ0v) is 6.77. The van der Waals surface area contributed by atoms with Gasteiger partial charge in [0.15, 0.2) is 5.78 Å². The van der Waals surface area contributed by atoms with Gasteiger partial charge in [0.2, 0.25) is 6.33 Å². The molecule has 6 heteroatoms. The molecule has 0 bridgehead atoms. The van der Waals surface area contributed by atoms with Gasteiger partial charge in [0.05, 0.1) is 6.54 Å². The zero-order chi connectivity index (χ0) is 9.42. The summed E-state index contributed by atoms with van der Waals surface area (Å²) in [5.41, 5.74) is 0.560. The number of hydrogen-bond donors (Lipinski definition) is 0. The fraction of sp³-hybridized carbons (Fsp3) is 0.429. The van der Waals surface area contributed by atoms with Gasteiger partial charge in [-0.3, -0.25) is 4.79 Å². The number of imidazole rings is 1. The van der Waals surface area contributed by atoms with Gasteiger partial charge >= 0.3 is 5.82 Å². The second-order valence-corrected chi connectivity index (χ2v) is 2.94. The summed E-state index contributed by atoms with van der Waals surface area (Å²) >= 11 is 0. The van der Waals surface area contributed by atoms with Crippen LogP contribution in [0.4, 0.5) is 5.82 Å². The molecule has 0 saturated heterocycles. The van der Waals surface area contributed by atoms with E-state index < -0.39 is 4.92 Å². The van der Waals surface area contributed by atoms with E-state index in [2.05, 4.69) is 4.98 Å². The minimum atomic E-state index is -0.512. The third-order valence-electron chi connectivity index (χ3n) is 2.08. The van der Waals surface area contributed by atoms with Crippen LogP contribution >= 0.6 is 0 Å². The lowest BCUT2D eigenvalue weighted by atomic mass is 10.1. The fourth-order valence-electron chi connectivity index (χ4n) is 1.47. The number of carbonyl (C=O) groups is 1. The highest BCUT2D eigenvalue weighted by molar-refractivity contribution is 5.79. The molecule has 0 spiro atoms. The average Bonchev–Trinajstić information content (AvgIpc) is 2.46.